The average Bonchev–Trinajstić information content (AvgIpc) is 3.06. The lowest BCUT2D eigenvalue weighted by Gasteiger charge is -2.24. The zero-order valence-electron chi connectivity index (χ0n) is 14.0. The Bertz CT molecular complexity index is 710. The molecule has 1 aliphatic heterocycles. The lowest BCUT2D eigenvalue weighted by molar-refractivity contribution is -0.122. The van der Waals surface area contributed by atoms with Crippen molar-refractivity contribution in [1.29, 1.82) is 0 Å². The highest BCUT2D eigenvalue weighted by atomic mass is 16.2. The lowest BCUT2D eigenvalue weighted by atomic mass is 9.85. The maximum absolute atomic E-state index is 12.5. The van der Waals surface area contributed by atoms with Crippen LogP contribution in [0.3, 0.4) is 0 Å². The predicted molar refractivity (Wildman–Crippen MR) is 95.7 cm³/mol. The average molecular weight is 323 g/mol. The van der Waals surface area contributed by atoms with Crippen molar-refractivity contribution >= 4 is 16.8 Å². The molecule has 2 aliphatic rings. The topological polar surface area (TPSA) is 54.0 Å². The number of rotatable bonds is 4. The van der Waals surface area contributed by atoms with Gasteiger partial charge in [-0.25, -0.2) is 0 Å². The summed E-state index contributed by atoms with van der Waals surface area (Å²) in [7, 11) is 0. The minimum absolute atomic E-state index is 0.00347. The zero-order chi connectivity index (χ0) is 16.4. The second-order valence-electron chi connectivity index (χ2n) is 7.14. The van der Waals surface area contributed by atoms with Gasteiger partial charge in [0.05, 0.1) is 11.6 Å². The number of hydrogen-bond acceptors (Lipinski definition) is 3. The van der Waals surface area contributed by atoms with Crippen LogP contribution < -0.4 is 10.6 Å². The number of aromatic nitrogens is 1. The van der Waals surface area contributed by atoms with Gasteiger partial charge in [-0.3, -0.25) is 9.78 Å². The number of fused-ring (bicyclic) bond motifs is 2. The normalized spacial score (nSPS) is 26.2. The Kier molecular flexibility index (Phi) is 4.48. The summed E-state index contributed by atoms with van der Waals surface area (Å²) in [5, 5.41) is 7.82. The molecule has 2 N–H and O–H groups in total. The fourth-order valence-electron chi connectivity index (χ4n) is 4.33. The highest BCUT2D eigenvalue weighted by Crippen LogP contribution is 2.33. The third-order valence-corrected chi connectivity index (χ3v) is 5.59. The van der Waals surface area contributed by atoms with Crippen molar-refractivity contribution < 1.29 is 4.79 Å². The van der Waals surface area contributed by atoms with Crippen LogP contribution in [0, 0.1) is 5.92 Å². The van der Waals surface area contributed by atoms with E-state index in [1.807, 2.05) is 12.3 Å². The van der Waals surface area contributed by atoms with Crippen LogP contribution in [-0.2, 0) is 11.2 Å². The third kappa shape index (κ3) is 3.16. The predicted octanol–water partition coefficient (Wildman–Crippen LogP) is 2.81. The van der Waals surface area contributed by atoms with Crippen molar-refractivity contribution in [3.05, 3.63) is 42.1 Å². The summed E-state index contributed by atoms with van der Waals surface area (Å²) in [6, 6.07) is 10.8. The first-order chi connectivity index (χ1) is 11.8. The summed E-state index contributed by atoms with van der Waals surface area (Å²) in [5.41, 5.74) is 2.24. The number of nitrogens with zero attached hydrogens (tertiary/aromatic N) is 1. The van der Waals surface area contributed by atoms with Gasteiger partial charge in [0.15, 0.2) is 0 Å². The third-order valence-electron chi connectivity index (χ3n) is 5.59. The number of nitrogens with one attached hydrogen (secondary N) is 2. The number of amides is 1. The van der Waals surface area contributed by atoms with Gasteiger partial charge >= 0.3 is 0 Å². The molecule has 4 rings (SSSR count). The zero-order valence-corrected chi connectivity index (χ0v) is 14.0. The van der Waals surface area contributed by atoms with Gasteiger partial charge in [0, 0.05) is 24.2 Å². The Morgan fingerprint density at radius 2 is 2.08 bits per heavy atom. The molecule has 1 saturated carbocycles. The highest BCUT2D eigenvalue weighted by Gasteiger charge is 2.37. The smallest absolute Gasteiger partial charge is 0.237 e. The van der Waals surface area contributed by atoms with Gasteiger partial charge in [-0.1, -0.05) is 37.1 Å². The molecule has 1 aromatic heterocycles. The Balaban J connectivity index is 1.33. The van der Waals surface area contributed by atoms with Gasteiger partial charge < -0.3 is 10.6 Å². The van der Waals surface area contributed by atoms with Crippen molar-refractivity contribution in [3.63, 3.8) is 0 Å². The summed E-state index contributed by atoms with van der Waals surface area (Å²) >= 11 is 0. The van der Waals surface area contributed by atoms with E-state index < -0.39 is 0 Å². The van der Waals surface area contributed by atoms with E-state index in [1.54, 1.807) is 0 Å². The van der Waals surface area contributed by atoms with E-state index in [0.717, 1.165) is 23.7 Å². The first kappa shape index (κ1) is 15.6. The maximum atomic E-state index is 12.5. The molecule has 4 nitrogen and oxygen atoms in total. The molecule has 1 amide bonds. The summed E-state index contributed by atoms with van der Waals surface area (Å²) < 4.78 is 0. The van der Waals surface area contributed by atoms with E-state index >= 15 is 0 Å². The number of benzene rings is 1. The monoisotopic (exact) mass is 323 g/mol. The van der Waals surface area contributed by atoms with Crippen LogP contribution in [0.5, 0.6) is 0 Å². The SMILES string of the molecule is O=C(NCCc1cccc2cccnc12)C1CC2CCCCC2N1. The molecule has 3 unspecified atom stereocenters. The molecule has 2 fully saturated rings. The molecule has 126 valence electrons. The van der Waals surface area contributed by atoms with Crippen LogP contribution in [0.25, 0.3) is 10.9 Å². The molecule has 2 heterocycles. The van der Waals surface area contributed by atoms with E-state index in [4.69, 9.17) is 0 Å². The number of carbonyl (C=O) groups is 1. The van der Waals surface area contributed by atoms with Gasteiger partial charge in [0.2, 0.25) is 5.91 Å². The second-order valence-corrected chi connectivity index (χ2v) is 7.14. The number of pyridine rings is 1. The summed E-state index contributed by atoms with van der Waals surface area (Å²) in [5.74, 6) is 0.870. The quantitative estimate of drug-likeness (QED) is 0.910. The molecule has 1 saturated heterocycles. The van der Waals surface area contributed by atoms with Gasteiger partial charge in [0.1, 0.15) is 0 Å². The van der Waals surface area contributed by atoms with Crippen LogP contribution in [0.15, 0.2) is 36.5 Å². The summed E-state index contributed by atoms with van der Waals surface area (Å²) in [4.78, 5) is 16.9. The highest BCUT2D eigenvalue weighted by molar-refractivity contribution is 5.83. The van der Waals surface area contributed by atoms with Gasteiger partial charge in [-0.2, -0.15) is 0 Å². The maximum Gasteiger partial charge on any atom is 0.237 e. The first-order valence-corrected chi connectivity index (χ1v) is 9.17. The second kappa shape index (κ2) is 6.89. The van der Waals surface area contributed by atoms with Crippen molar-refractivity contribution in [3.8, 4) is 0 Å². The lowest BCUT2D eigenvalue weighted by Crippen LogP contribution is -2.43. The first-order valence-electron chi connectivity index (χ1n) is 9.17. The molecule has 0 bridgehead atoms. The van der Waals surface area contributed by atoms with Crippen LogP contribution in [-0.4, -0.2) is 29.5 Å². The van der Waals surface area contributed by atoms with Crippen molar-refractivity contribution in [2.24, 2.45) is 5.92 Å². The molecule has 4 heteroatoms. The van der Waals surface area contributed by atoms with Crippen molar-refractivity contribution in [1.82, 2.24) is 15.6 Å². The van der Waals surface area contributed by atoms with E-state index in [-0.39, 0.29) is 11.9 Å². The minimum atomic E-state index is 0.00347. The van der Waals surface area contributed by atoms with Crippen molar-refractivity contribution in [2.45, 2.75) is 50.6 Å². The Morgan fingerprint density at radius 1 is 1.21 bits per heavy atom. The van der Waals surface area contributed by atoms with E-state index in [1.165, 1.54) is 31.2 Å². The molecule has 1 aromatic carbocycles. The van der Waals surface area contributed by atoms with Crippen LogP contribution >= 0.6 is 0 Å². The van der Waals surface area contributed by atoms with Crippen LogP contribution in [0.4, 0.5) is 0 Å². The molecule has 1 aliphatic carbocycles. The van der Waals surface area contributed by atoms with E-state index in [2.05, 4.69) is 39.9 Å². The number of hydrogen-bond donors (Lipinski definition) is 2. The van der Waals surface area contributed by atoms with Crippen LogP contribution in [0.1, 0.15) is 37.7 Å². The molecule has 2 aromatic rings. The Labute approximate surface area is 143 Å². The minimum Gasteiger partial charge on any atom is -0.354 e. The summed E-state index contributed by atoms with van der Waals surface area (Å²) in [6.07, 6.45) is 8.79. The van der Waals surface area contributed by atoms with Crippen LogP contribution in [0.2, 0.25) is 0 Å². The number of para-hydroxylation sites is 1. The van der Waals surface area contributed by atoms with Gasteiger partial charge in [-0.05, 0) is 43.2 Å². The van der Waals surface area contributed by atoms with Gasteiger partial charge in [-0.15, -0.1) is 0 Å². The molecule has 0 spiro atoms. The van der Waals surface area contributed by atoms with Gasteiger partial charge in [0.25, 0.3) is 0 Å². The number of carbonyl (C=O) groups excluding carboxylic acids is 1. The van der Waals surface area contributed by atoms with Crippen molar-refractivity contribution in [2.75, 3.05) is 6.54 Å². The molecule has 3 atom stereocenters. The summed E-state index contributed by atoms with van der Waals surface area (Å²) in [6.45, 7) is 0.669. The Hall–Kier alpha value is -1.94. The molecule has 0 radical (unpaired) electrons. The molecule has 24 heavy (non-hydrogen) atoms. The molecular weight excluding hydrogens is 298 g/mol. The fourth-order valence-corrected chi connectivity index (χ4v) is 4.33. The van der Waals surface area contributed by atoms with E-state index in [9.17, 15) is 4.79 Å². The Morgan fingerprint density at radius 3 is 3.00 bits per heavy atom. The van der Waals surface area contributed by atoms with E-state index in [0.29, 0.717) is 18.5 Å². The molecular formula is C20H25N3O. The standard InChI is InChI=1S/C20H25N3O/c24-20(18-13-16-5-1-2-9-17(16)23-18)22-12-10-15-7-3-6-14-8-4-11-21-19(14)15/h3-4,6-8,11,16-18,23H,1-2,5,9-10,12-13H2,(H,22,24). The fraction of sp³-hybridized carbons (Fsp3) is 0.500. The largest absolute Gasteiger partial charge is 0.354 e.